The molecule has 0 N–H and O–H groups in total. The summed E-state index contributed by atoms with van der Waals surface area (Å²) in [6, 6.07) is 0. The van der Waals surface area contributed by atoms with Crippen molar-refractivity contribution < 1.29 is 14.3 Å². The summed E-state index contributed by atoms with van der Waals surface area (Å²) in [6.07, 6.45) is 23.1. The number of carbonyl (C=O) groups excluding carboxylic acids is 1. The standard InChI is InChI=1S/C24H44O3/c1-5-7-8-9-10-11-12-13-14-15-16-17-18-19-20-21-23(25)27-24(6-2)26-22(3)4/h10-11,13-14,22,24H,5-9,12,15-21H2,1-4H3/b11-10-,14-13-. The van der Waals surface area contributed by atoms with Crippen LogP contribution in [0.2, 0.25) is 0 Å². The van der Waals surface area contributed by atoms with Crippen LogP contribution in [-0.2, 0) is 14.3 Å². The maximum absolute atomic E-state index is 11.8. The molecule has 0 aromatic rings. The first kappa shape index (κ1) is 25.9. The first-order chi connectivity index (χ1) is 13.1. The van der Waals surface area contributed by atoms with Crippen LogP contribution in [0.15, 0.2) is 24.3 Å². The number of unbranched alkanes of at least 4 members (excludes halogenated alkanes) is 8. The average Bonchev–Trinajstić information content (AvgIpc) is 2.64. The van der Waals surface area contributed by atoms with Crippen molar-refractivity contribution in [1.29, 1.82) is 0 Å². The van der Waals surface area contributed by atoms with Crippen LogP contribution >= 0.6 is 0 Å². The second-order valence-corrected chi connectivity index (χ2v) is 7.49. The predicted octanol–water partition coefficient (Wildman–Crippen LogP) is 7.50. The Morgan fingerprint density at radius 1 is 0.815 bits per heavy atom. The highest BCUT2D eigenvalue weighted by molar-refractivity contribution is 5.69. The zero-order chi connectivity index (χ0) is 20.2. The lowest BCUT2D eigenvalue weighted by molar-refractivity contribution is -0.187. The molecule has 0 aromatic heterocycles. The molecule has 0 aliphatic heterocycles. The largest absolute Gasteiger partial charge is 0.436 e. The van der Waals surface area contributed by atoms with Gasteiger partial charge in [0.15, 0.2) is 0 Å². The topological polar surface area (TPSA) is 35.5 Å². The molecule has 27 heavy (non-hydrogen) atoms. The molecule has 0 saturated heterocycles. The van der Waals surface area contributed by atoms with E-state index in [0.717, 1.165) is 25.7 Å². The van der Waals surface area contributed by atoms with Gasteiger partial charge in [-0.2, -0.15) is 0 Å². The Bertz CT molecular complexity index is 385. The smallest absolute Gasteiger partial charge is 0.308 e. The third kappa shape index (κ3) is 19.5. The van der Waals surface area contributed by atoms with Gasteiger partial charge in [-0.25, -0.2) is 0 Å². The van der Waals surface area contributed by atoms with Crippen molar-refractivity contribution in [2.24, 2.45) is 0 Å². The van der Waals surface area contributed by atoms with Gasteiger partial charge in [-0.3, -0.25) is 4.79 Å². The first-order valence-electron chi connectivity index (χ1n) is 11.2. The normalized spacial score (nSPS) is 13.1. The third-order valence-electron chi connectivity index (χ3n) is 4.35. The Morgan fingerprint density at radius 2 is 1.41 bits per heavy atom. The molecule has 1 atom stereocenters. The molecule has 0 fully saturated rings. The van der Waals surface area contributed by atoms with Crippen molar-refractivity contribution in [3.8, 4) is 0 Å². The molecule has 0 aliphatic carbocycles. The molecule has 0 aromatic carbocycles. The number of hydrogen-bond acceptors (Lipinski definition) is 3. The lowest BCUT2D eigenvalue weighted by Crippen LogP contribution is -2.23. The molecule has 0 bridgehead atoms. The second kappa shape index (κ2) is 19.7. The fourth-order valence-corrected chi connectivity index (χ4v) is 2.80. The Hall–Kier alpha value is -1.09. The summed E-state index contributed by atoms with van der Waals surface area (Å²) in [7, 11) is 0. The maximum Gasteiger partial charge on any atom is 0.308 e. The minimum Gasteiger partial charge on any atom is -0.436 e. The quantitative estimate of drug-likeness (QED) is 0.107. The van der Waals surface area contributed by atoms with Crippen LogP contribution in [0.3, 0.4) is 0 Å². The molecule has 158 valence electrons. The van der Waals surface area contributed by atoms with E-state index in [1.807, 2.05) is 20.8 Å². The minimum absolute atomic E-state index is 0.0821. The highest BCUT2D eigenvalue weighted by atomic mass is 16.7. The molecule has 0 rings (SSSR count). The Balaban J connectivity index is 3.46. The third-order valence-corrected chi connectivity index (χ3v) is 4.35. The van der Waals surface area contributed by atoms with Gasteiger partial charge in [0.25, 0.3) is 0 Å². The van der Waals surface area contributed by atoms with Crippen molar-refractivity contribution in [2.75, 3.05) is 0 Å². The molecule has 1 unspecified atom stereocenters. The van der Waals surface area contributed by atoms with Crippen molar-refractivity contribution >= 4 is 5.97 Å². The summed E-state index contributed by atoms with van der Waals surface area (Å²) in [6.45, 7) is 8.12. The Morgan fingerprint density at radius 3 is 2.00 bits per heavy atom. The highest BCUT2D eigenvalue weighted by Crippen LogP contribution is 2.11. The lowest BCUT2D eigenvalue weighted by atomic mass is 10.1. The van der Waals surface area contributed by atoms with E-state index in [4.69, 9.17) is 9.47 Å². The van der Waals surface area contributed by atoms with Crippen molar-refractivity contribution in [2.45, 2.75) is 124 Å². The molecule has 3 heteroatoms. The van der Waals surface area contributed by atoms with Crippen LogP contribution in [0, 0.1) is 0 Å². The van der Waals surface area contributed by atoms with Crippen LogP contribution in [0.25, 0.3) is 0 Å². The fraction of sp³-hybridized carbons (Fsp3) is 0.792. The molecular formula is C24H44O3. The van der Waals surface area contributed by atoms with Crippen molar-refractivity contribution in [1.82, 2.24) is 0 Å². The van der Waals surface area contributed by atoms with Gasteiger partial charge >= 0.3 is 5.97 Å². The molecule has 0 heterocycles. The van der Waals surface area contributed by atoms with Gasteiger partial charge in [-0.15, -0.1) is 0 Å². The SMILES string of the molecule is CCCCC/C=C\C/C=C\CCCCCCCC(=O)OC(CC)OC(C)C. The second-order valence-electron chi connectivity index (χ2n) is 7.49. The highest BCUT2D eigenvalue weighted by Gasteiger charge is 2.13. The van der Waals surface area contributed by atoms with Crippen LogP contribution in [0.4, 0.5) is 0 Å². The molecule has 0 saturated carbocycles. The van der Waals surface area contributed by atoms with Gasteiger partial charge in [0, 0.05) is 12.8 Å². The monoisotopic (exact) mass is 380 g/mol. The molecule has 0 amide bonds. The number of carbonyl (C=O) groups is 1. The predicted molar refractivity (Wildman–Crippen MR) is 116 cm³/mol. The molecule has 0 spiro atoms. The van der Waals surface area contributed by atoms with E-state index >= 15 is 0 Å². The maximum atomic E-state index is 11.8. The summed E-state index contributed by atoms with van der Waals surface area (Å²) >= 11 is 0. The van der Waals surface area contributed by atoms with E-state index in [2.05, 4.69) is 31.2 Å². The van der Waals surface area contributed by atoms with Crippen molar-refractivity contribution in [3.05, 3.63) is 24.3 Å². The van der Waals surface area contributed by atoms with Crippen LogP contribution in [0.5, 0.6) is 0 Å². The van der Waals surface area contributed by atoms with Gasteiger partial charge in [0.05, 0.1) is 6.10 Å². The van der Waals surface area contributed by atoms with Gasteiger partial charge in [-0.05, 0) is 52.4 Å². The van der Waals surface area contributed by atoms with E-state index in [9.17, 15) is 4.79 Å². The number of allylic oxidation sites excluding steroid dienone is 4. The molecule has 3 nitrogen and oxygen atoms in total. The number of esters is 1. The fourth-order valence-electron chi connectivity index (χ4n) is 2.80. The number of ether oxygens (including phenoxy) is 2. The van der Waals surface area contributed by atoms with E-state index in [1.54, 1.807) is 0 Å². The summed E-state index contributed by atoms with van der Waals surface area (Å²) in [5.41, 5.74) is 0. The number of hydrogen-bond donors (Lipinski definition) is 0. The van der Waals surface area contributed by atoms with Crippen molar-refractivity contribution in [3.63, 3.8) is 0 Å². The zero-order valence-corrected chi connectivity index (χ0v) is 18.4. The molecular weight excluding hydrogens is 336 g/mol. The van der Waals surface area contributed by atoms with E-state index in [0.29, 0.717) is 12.8 Å². The average molecular weight is 381 g/mol. The van der Waals surface area contributed by atoms with Crippen LogP contribution in [-0.4, -0.2) is 18.4 Å². The van der Waals surface area contributed by atoms with Gasteiger partial charge in [0.2, 0.25) is 6.29 Å². The van der Waals surface area contributed by atoms with Crippen LogP contribution in [0.1, 0.15) is 111 Å². The molecule has 0 aliphatic rings. The van der Waals surface area contributed by atoms with E-state index < -0.39 is 6.29 Å². The minimum atomic E-state index is -0.393. The summed E-state index contributed by atoms with van der Waals surface area (Å²) in [5, 5.41) is 0. The van der Waals surface area contributed by atoms with Crippen LogP contribution < -0.4 is 0 Å². The van der Waals surface area contributed by atoms with Gasteiger partial charge in [-0.1, -0.05) is 70.3 Å². The van der Waals surface area contributed by atoms with Gasteiger partial charge in [0.1, 0.15) is 0 Å². The molecule has 0 radical (unpaired) electrons. The Labute approximate surface area is 168 Å². The van der Waals surface area contributed by atoms with E-state index in [-0.39, 0.29) is 12.1 Å². The lowest BCUT2D eigenvalue weighted by Gasteiger charge is -2.19. The zero-order valence-electron chi connectivity index (χ0n) is 18.4. The summed E-state index contributed by atoms with van der Waals surface area (Å²) < 4.78 is 10.9. The van der Waals surface area contributed by atoms with Gasteiger partial charge < -0.3 is 9.47 Å². The summed E-state index contributed by atoms with van der Waals surface area (Å²) in [4.78, 5) is 11.8. The summed E-state index contributed by atoms with van der Waals surface area (Å²) in [5.74, 6) is -0.131. The Kier molecular flexibility index (Phi) is 18.9. The van der Waals surface area contributed by atoms with E-state index in [1.165, 1.54) is 44.9 Å². The first-order valence-corrected chi connectivity index (χ1v) is 11.2. The number of rotatable bonds is 18.